The third-order valence-electron chi connectivity index (χ3n) is 4.22. The lowest BCUT2D eigenvalue weighted by molar-refractivity contribution is 0.0227. The van der Waals surface area contributed by atoms with Crippen LogP contribution in [-0.4, -0.2) is 24.4 Å². The molecule has 0 aliphatic heterocycles. The fourth-order valence-electron chi connectivity index (χ4n) is 3.17. The standard InChI is InChI=1S/C18H19F2NO2/c1-11-7-13(19)4-6-16(11)23-17-15-8-14(22)5-3-12(15)9-18(17,20)10-21-2/h3-8,17,21-22H,9-10H2,1-2H3. The lowest BCUT2D eigenvalue weighted by Gasteiger charge is -2.29. The molecule has 3 nitrogen and oxygen atoms in total. The van der Waals surface area contributed by atoms with E-state index in [2.05, 4.69) is 5.32 Å². The summed E-state index contributed by atoms with van der Waals surface area (Å²) in [7, 11) is 1.68. The van der Waals surface area contributed by atoms with Gasteiger partial charge in [0.25, 0.3) is 0 Å². The molecule has 0 amide bonds. The minimum Gasteiger partial charge on any atom is -0.508 e. The summed E-state index contributed by atoms with van der Waals surface area (Å²) >= 11 is 0. The molecule has 0 heterocycles. The van der Waals surface area contributed by atoms with Gasteiger partial charge in [0, 0.05) is 18.5 Å². The molecule has 2 N–H and O–H groups in total. The van der Waals surface area contributed by atoms with E-state index in [9.17, 15) is 9.50 Å². The zero-order chi connectivity index (χ0) is 16.6. The van der Waals surface area contributed by atoms with Crippen LogP contribution in [0.1, 0.15) is 22.8 Å². The van der Waals surface area contributed by atoms with Crippen LogP contribution in [0, 0.1) is 12.7 Å². The van der Waals surface area contributed by atoms with Gasteiger partial charge in [-0.05, 0) is 55.4 Å². The molecule has 122 valence electrons. The predicted octanol–water partition coefficient (Wildman–Crippen LogP) is 3.44. The number of phenols is 1. The van der Waals surface area contributed by atoms with Crippen molar-refractivity contribution < 1.29 is 18.6 Å². The van der Waals surface area contributed by atoms with Gasteiger partial charge in [-0.25, -0.2) is 8.78 Å². The maximum Gasteiger partial charge on any atom is 0.168 e. The molecule has 1 aliphatic carbocycles. The number of alkyl halides is 1. The lowest BCUT2D eigenvalue weighted by Crippen LogP contribution is -2.41. The Morgan fingerprint density at radius 2 is 2.09 bits per heavy atom. The highest BCUT2D eigenvalue weighted by Crippen LogP contribution is 2.46. The summed E-state index contributed by atoms with van der Waals surface area (Å²) in [5.41, 5.74) is 0.410. The molecule has 23 heavy (non-hydrogen) atoms. The van der Waals surface area contributed by atoms with E-state index < -0.39 is 11.8 Å². The van der Waals surface area contributed by atoms with Crippen LogP contribution in [0.2, 0.25) is 0 Å². The van der Waals surface area contributed by atoms with Crippen LogP contribution in [-0.2, 0) is 6.42 Å². The van der Waals surface area contributed by atoms with Crippen molar-refractivity contribution in [3.63, 3.8) is 0 Å². The highest BCUT2D eigenvalue weighted by atomic mass is 19.1. The normalized spacial score (nSPS) is 22.9. The van der Waals surface area contributed by atoms with Gasteiger partial charge in [0.2, 0.25) is 0 Å². The maximum absolute atomic E-state index is 15.5. The van der Waals surface area contributed by atoms with E-state index in [0.29, 0.717) is 16.9 Å². The molecule has 2 atom stereocenters. The molecular formula is C18H19F2NO2. The molecule has 1 aliphatic rings. The van der Waals surface area contributed by atoms with Crippen LogP contribution in [0.25, 0.3) is 0 Å². The summed E-state index contributed by atoms with van der Waals surface area (Å²) < 4.78 is 34.6. The average molecular weight is 319 g/mol. The number of ether oxygens (including phenoxy) is 1. The molecule has 0 aromatic heterocycles. The molecule has 0 bridgehead atoms. The Balaban J connectivity index is 2.01. The number of hydrogen-bond acceptors (Lipinski definition) is 3. The van der Waals surface area contributed by atoms with Crippen molar-refractivity contribution in [2.75, 3.05) is 13.6 Å². The first-order chi connectivity index (χ1) is 10.9. The summed E-state index contributed by atoms with van der Waals surface area (Å²) in [5, 5.41) is 12.6. The first-order valence-corrected chi connectivity index (χ1v) is 7.51. The van der Waals surface area contributed by atoms with Crippen LogP contribution < -0.4 is 10.1 Å². The molecular weight excluding hydrogens is 300 g/mol. The fraction of sp³-hybridized carbons (Fsp3) is 0.333. The first kappa shape index (κ1) is 15.7. The molecule has 5 heteroatoms. The summed E-state index contributed by atoms with van der Waals surface area (Å²) in [6.07, 6.45) is -0.657. The minimum absolute atomic E-state index is 0.0712. The topological polar surface area (TPSA) is 41.5 Å². The van der Waals surface area contributed by atoms with Crippen LogP contribution in [0.15, 0.2) is 36.4 Å². The van der Waals surface area contributed by atoms with E-state index in [1.165, 1.54) is 24.3 Å². The molecule has 0 saturated heterocycles. The third-order valence-corrected chi connectivity index (χ3v) is 4.22. The zero-order valence-corrected chi connectivity index (χ0v) is 13.1. The highest BCUT2D eigenvalue weighted by Gasteiger charge is 2.48. The van der Waals surface area contributed by atoms with Gasteiger partial charge >= 0.3 is 0 Å². The van der Waals surface area contributed by atoms with E-state index in [0.717, 1.165) is 5.56 Å². The molecule has 0 saturated carbocycles. The van der Waals surface area contributed by atoms with E-state index in [-0.39, 0.29) is 24.5 Å². The summed E-state index contributed by atoms with van der Waals surface area (Å²) in [5.74, 6) is 0.147. The van der Waals surface area contributed by atoms with Gasteiger partial charge in [0.15, 0.2) is 11.8 Å². The Morgan fingerprint density at radius 1 is 1.30 bits per heavy atom. The SMILES string of the molecule is CNCC1(F)Cc2ccc(O)cc2C1Oc1ccc(F)cc1C. The second-order valence-corrected chi connectivity index (χ2v) is 6.03. The lowest BCUT2D eigenvalue weighted by atomic mass is 9.99. The van der Waals surface area contributed by atoms with Gasteiger partial charge in [0.1, 0.15) is 17.3 Å². The Labute approximate surface area is 133 Å². The number of aromatic hydroxyl groups is 1. The van der Waals surface area contributed by atoms with E-state index >= 15 is 4.39 Å². The van der Waals surface area contributed by atoms with Crippen molar-refractivity contribution in [2.45, 2.75) is 25.1 Å². The van der Waals surface area contributed by atoms with E-state index in [1.54, 1.807) is 26.1 Å². The number of aryl methyl sites for hydroxylation is 1. The molecule has 0 fully saturated rings. The van der Waals surface area contributed by atoms with Gasteiger partial charge < -0.3 is 15.2 Å². The predicted molar refractivity (Wildman–Crippen MR) is 84.1 cm³/mol. The number of hydrogen-bond donors (Lipinski definition) is 2. The summed E-state index contributed by atoms with van der Waals surface area (Å²) in [6, 6.07) is 8.95. The van der Waals surface area contributed by atoms with Crippen molar-refractivity contribution in [2.24, 2.45) is 0 Å². The van der Waals surface area contributed by atoms with Crippen LogP contribution in [0.3, 0.4) is 0 Å². The van der Waals surface area contributed by atoms with Gasteiger partial charge in [-0.3, -0.25) is 0 Å². The van der Waals surface area contributed by atoms with E-state index in [1.807, 2.05) is 0 Å². The quantitative estimate of drug-likeness (QED) is 0.907. The van der Waals surface area contributed by atoms with E-state index in [4.69, 9.17) is 4.74 Å². The fourth-order valence-corrected chi connectivity index (χ4v) is 3.17. The number of halogens is 2. The van der Waals surface area contributed by atoms with Gasteiger partial charge in [-0.1, -0.05) is 6.07 Å². The molecule has 2 aromatic carbocycles. The largest absolute Gasteiger partial charge is 0.508 e. The Bertz CT molecular complexity index is 735. The second-order valence-electron chi connectivity index (χ2n) is 6.03. The van der Waals surface area contributed by atoms with Crippen molar-refractivity contribution in [3.05, 3.63) is 58.9 Å². The Hall–Kier alpha value is -2.14. The number of rotatable bonds is 4. The monoisotopic (exact) mass is 319 g/mol. The van der Waals surface area contributed by atoms with Crippen LogP contribution >= 0.6 is 0 Å². The molecule has 0 radical (unpaired) electrons. The Morgan fingerprint density at radius 3 is 2.78 bits per heavy atom. The zero-order valence-electron chi connectivity index (χ0n) is 13.1. The van der Waals surface area contributed by atoms with Crippen molar-refractivity contribution in [3.8, 4) is 11.5 Å². The number of nitrogens with one attached hydrogen (secondary N) is 1. The molecule has 3 rings (SSSR count). The maximum atomic E-state index is 15.5. The van der Waals surface area contributed by atoms with Crippen LogP contribution in [0.4, 0.5) is 8.78 Å². The van der Waals surface area contributed by atoms with Crippen molar-refractivity contribution >= 4 is 0 Å². The van der Waals surface area contributed by atoms with Gasteiger partial charge in [0.05, 0.1) is 0 Å². The molecule has 2 aromatic rings. The van der Waals surface area contributed by atoms with Crippen molar-refractivity contribution in [1.29, 1.82) is 0 Å². The smallest absolute Gasteiger partial charge is 0.168 e. The van der Waals surface area contributed by atoms with Crippen molar-refractivity contribution in [1.82, 2.24) is 5.32 Å². The second kappa shape index (κ2) is 5.81. The number of phenolic OH excluding ortho intramolecular Hbond substituents is 1. The van der Waals surface area contributed by atoms with Gasteiger partial charge in [-0.2, -0.15) is 0 Å². The minimum atomic E-state index is -1.63. The Kier molecular flexibility index (Phi) is 3.98. The molecule has 2 unspecified atom stereocenters. The molecule has 0 spiro atoms. The highest BCUT2D eigenvalue weighted by molar-refractivity contribution is 5.44. The number of fused-ring (bicyclic) bond motifs is 1. The third kappa shape index (κ3) is 2.88. The average Bonchev–Trinajstić information content (AvgIpc) is 2.74. The van der Waals surface area contributed by atoms with Crippen LogP contribution in [0.5, 0.6) is 11.5 Å². The van der Waals surface area contributed by atoms with Gasteiger partial charge in [-0.15, -0.1) is 0 Å². The first-order valence-electron chi connectivity index (χ1n) is 7.51. The summed E-state index contributed by atoms with van der Waals surface area (Å²) in [6.45, 7) is 1.84. The number of benzene rings is 2. The summed E-state index contributed by atoms with van der Waals surface area (Å²) in [4.78, 5) is 0.